The van der Waals surface area contributed by atoms with Gasteiger partial charge in [-0.3, -0.25) is 4.79 Å². The molecule has 1 aromatic heterocycles. The number of anilines is 1. The molecule has 2 heterocycles. The Hall–Kier alpha value is -3.17. The minimum absolute atomic E-state index is 0.125. The fraction of sp³-hybridized carbons (Fsp3) is 0.407. The number of likely N-dealkylation sites (tertiary alicyclic amines) is 1. The molecule has 0 saturated carbocycles. The van der Waals surface area contributed by atoms with E-state index in [-0.39, 0.29) is 10.8 Å². The van der Waals surface area contributed by atoms with Crippen molar-refractivity contribution in [1.29, 1.82) is 0 Å². The van der Waals surface area contributed by atoms with Crippen molar-refractivity contribution in [2.45, 2.75) is 43.5 Å². The van der Waals surface area contributed by atoms with Gasteiger partial charge < -0.3 is 15.0 Å². The minimum Gasteiger partial charge on any atom is -0.497 e. The van der Waals surface area contributed by atoms with Gasteiger partial charge >= 0.3 is 0 Å². The Kier molecular flexibility index (Phi) is 8.43. The van der Waals surface area contributed by atoms with Crippen molar-refractivity contribution in [2.75, 3.05) is 32.1 Å². The van der Waals surface area contributed by atoms with Gasteiger partial charge in [-0.1, -0.05) is 25.1 Å². The van der Waals surface area contributed by atoms with Crippen molar-refractivity contribution in [2.24, 2.45) is 5.92 Å². The third kappa shape index (κ3) is 6.53. The molecule has 1 atom stereocenters. The van der Waals surface area contributed by atoms with E-state index in [0.717, 1.165) is 29.4 Å². The van der Waals surface area contributed by atoms with Crippen LogP contribution in [0, 0.1) is 5.92 Å². The lowest BCUT2D eigenvalue weighted by Gasteiger charge is -2.33. The first-order chi connectivity index (χ1) is 17.4. The van der Waals surface area contributed by atoms with Gasteiger partial charge in [-0.25, -0.2) is 13.4 Å². The second-order valence-corrected chi connectivity index (χ2v) is 11.1. The molecule has 1 aliphatic rings. The van der Waals surface area contributed by atoms with Gasteiger partial charge in [-0.2, -0.15) is 4.72 Å². The van der Waals surface area contributed by atoms with Crippen LogP contribution in [0.15, 0.2) is 65.7 Å². The fourth-order valence-corrected chi connectivity index (χ4v) is 5.68. The molecule has 1 fully saturated rings. The molecule has 192 valence electrons. The normalized spacial score (nSPS) is 15.6. The number of amides is 1. The molecule has 9 heteroatoms. The SMILES string of the molecule is COc1ccc2ccc(S(=O)(=O)NC(CCCNc3ccccn3)C(=O)N3CCC(C)CC3)cc2c1. The summed E-state index contributed by atoms with van der Waals surface area (Å²) >= 11 is 0. The van der Waals surface area contributed by atoms with Crippen LogP contribution in [0.5, 0.6) is 5.75 Å². The Labute approximate surface area is 213 Å². The van der Waals surface area contributed by atoms with Gasteiger partial charge in [0.15, 0.2) is 0 Å². The number of methoxy groups -OCH3 is 1. The monoisotopic (exact) mass is 510 g/mol. The zero-order valence-corrected chi connectivity index (χ0v) is 21.6. The number of nitrogens with one attached hydrogen (secondary N) is 2. The van der Waals surface area contributed by atoms with E-state index in [9.17, 15) is 13.2 Å². The number of fused-ring (bicyclic) bond motifs is 1. The highest BCUT2D eigenvalue weighted by Gasteiger charge is 2.30. The molecule has 2 aromatic carbocycles. The maximum atomic E-state index is 13.4. The summed E-state index contributed by atoms with van der Waals surface area (Å²) in [6.07, 6.45) is 4.55. The molecule has 3 aromatic rings. The molecule has 1 aliphatic heterocycles. The lowest BCUT2D eigenvalue weighted by Crippen LogP contribution is -2.50. The van der Waals surface area contributed by atoms with Gasteiger partial charge in [-0.15, -0.1) is 0 Å². The number of pyridine rings is 1. The number of aromatic nitrogens is 1. The highest BCUT2D eigenvalue weighted by atomic mass is 32.2. The van der Waals surface area contributed by atoms with E-state index in [1.807, 2.05) is 30.3 Å². The highest BCUT2D eigenvalue weighted by Crippen LogP contribution is 2.24. The van der Waals surface area contributed by atoms with Gasteiger partial charge in [0.2, 0.25) is 15.9 Å². The molecule has 0 spiro atoms. The van der Waals surface area contributed by atoms with Gasteiger partial charge in [0.1, 0.15) is 17.6 Å². The lowest BCUT2D eigenvalue weighted by molar-refractivity contribution is -0.134. The number of carbonyl (C=O) groups is 1. The minimum atomic E-state index is -3.93. The van der Waals surface area contributed by atoms with Crippen LogP contribution in [0.3, 0.4) is 0 Å². The maximum Gasteiger partial charge on any atom is 0.241 e. The van der Waals surface area contributed by atoms with Crippen molar-refractivity contribution in [3.63, 3.8) is 0 Å². The van der Waals surface area contributed by atoms with Crippen molar-refractivity contribution in [3.8, 4) is 5.75 Å². The molecular formula is C27H34N4O4S. The molecule has 0 bridgehead atoms. The smallest absolute Gasteiger partial charge is 0.241 e. The first-order valence-electron chi connectivity index (χ1n) is 12.4. The summed E-state index contributed by atoms with van der Waals surface area (Å²) < 4.78 is 34.8. The van der Waals surface area contributed by atoms with Crippen molar-refractivity contribution in [3.05, 3.63) is 60.8 Å². The predicted molar refractivity (Wildman–Crippen MR) is 142 cm³/mol. The molecule has 1 saturated heterocycles. The van der Waals surface area contributed by atoms with Crippen LogP contribution in [0.1, 0.15) is 32.6 Å². The first kappa shape index (κ1) is 25.9. The van der Waals surface area contributed by atoms with E-state index in [1.54, 1.807) is 42.5 Å². The van der Waals surface area contributed by atoms with E-state index in [1.165, 1.54) is 0 Å². The molecule has 36 heavy (non-hydrogen) atoms. The van der Waals surface area contributed by atoms with Gasteiger partial charge in [0.05, 0.1) is 12.0 Å². The zero-order chi connectivity index (χ0) is 25.5. The van der Waals surface area contributed by atoms with Crippen LogP contribution in [0.25, 0.3) is 10.8 Å². The zero-order valence-electron chi connectivity index (χ0n) is 20.8. The second-order valence-electron chi connectivity index (χ2n) is 9.34. The van der Waals surface area contributed by atoms with Crippen molar-refractivity contribution in [1.82, 2.24) is 14.6 Å². The van der Waals surface area contributed by atoms with E-state index < -0.39 is 16.1 Å². The highest BCUT2D eigenvalue weighted by molar-refractivity contribution is 7.89. The number of ether oxygens (including phenoxy) is 1. The van der Waals surface area contributed by atoms with Gasteiger partial charge in [-0.05, 0) is 78.8 Å². The van der Waals surface area contributed by atoms with E-state index in [4.69, 9.17) is 4.74 Å². The number of nitrogens with zero attached hydrogens (tertiary/aromatic N) is 2. The average molecular weight is 511 g/mol. The topological polar surface area (TPSA) is 101 Å². The molecule has 4 rings (SSSR count). The van der Waals surface area contributed by atoms with E-state index in [0.29, 0.717) is 44.1 Å². The molecular weight excluding hydrogens is 476 g/mol. The molecule has 2 N–H and O–H groups in total. The molecule has 1 amide bonds. The lowest BCUT2D eigenvalue weighted by atomic mass is 9.98. The van der Waals surface area contributed by atoms with Gasteiger partial charge in [0, 0.05) is 25.8 Å². The summed E-state index contributed by atoms with van der Waals surface area (Å²) in [6, 6.07) is 15.3. The summed E-state index contributed by atoms with van der Waals surface area (Å²) in [4.78, 5) is 19.6. The van der Waals surface area contributed by atoms with Crippen LogP contribution in [-0.2, 0) is 14.8 Å². The van der Waals surface area contributed by atoms with Crippen LogP contribution in [-0.4, -0.2) is 57.0 Å². The predicted octanol–water partition coefficient (Wildman–Crippen LogP) is 4.04. The Morgan fingerprint density at radius 1 is 1.11 bits per heavy atom. The summed E-state index contributed by atoms with van der Waals surface area (Å²) in [7, 11) is -2.35. The number of piperidine rings is 1. The summed E-state index contributed by atoms with van der Waals surface area (Å²) in [5.74, 6) is 1.81. The average Bonchev–Trinajstić information content (AvgIpc) is 2.90. The fourth-order valence-electron chi connectivity index (χ4n) is 4.42. The number of hydrogen-bond donors (Lipinski definition) is 2. The number of hydrogen-bond acceptors (Lipinski definition) is 6. The van der Waals surface area contributed by atoms with Gasteiger partial charge in [0.25, 0.3) is 0 Å². The third-order valence-electron chi connectivity index (χ3n) is 6.66. The molecule has 0 aliphatic carbocycles. The standard InChI is InChI=1S/C27H34N4O4S/c1-20-12-16-31(17-13-20)27(32)25(6-5-15-29-26-7-3-4-14-28-26)30-36(33,34)24-11-9-21-8-10-23(35-2)18-22(21)19-24/h3-4,7-11,14,18-20,25,30H,5-6,12-13,15-17H2,1-2H3,(H,28,29). The Balaban J connectivity index is 1.50. The number of benzene rings is 2. The van der Waals surface area contributed by atoms with E-state index in [2.05, 4.69) is 21.9 Å². The van der Waals surface area contributed by atoms with Crippen LogP contribution in [0.4, 0.5) is 5.82 Å². The maximum absolute atomic E-state index is 13.4. The summed E-state index contributed by atoms with van der Waals surface area (Å²) in [5, 5.41) is 4.89. The third-order valence-corrected chi connectivity index (χ3v) is 8.13. The number of sulfonamides is 1. The number of carbonyl (C=O) groups excluding carboxylic acids is 1. The first-order valence-corrected chi connectivity index (χ1v) is 13.9. The number of rotatable bonds is 10. The molecule has 1 unspecified atom stereocenters. The van der Waals surface area contributed by atoms with Crippen LogP contribution < -0.4 is 14.8 Å². The van der Waals surface area contributed by atoms with Crippen LogP contribution in [0.2, 0.25) is 0 Å². The van der Waals surface area contributed by atoms with Crippen LogP contribution >= 0.6 is 0 Å². The second kappa shape index (κ2) is 11.7. The molecule has 8 nitrogen and oxygen atoms in total. The summed E-state index contributed by atoms with van der Waals surface area (Å²) in [6.45, 7) is 4.07. The van der Waals surface area contributed by atoms with Crippen molar-refractivity contribution < 1.29 is 17.9 Å². The van der Waals surface area contributed by atoms with E-state index >= 15 is 0 Å². The van der Waals surface area contributed by atoms with Crippen molar-refractivity contribution >= 4 is 32.5 Å². The Morgan fingerprint density at radius 2 is 1.89 bits per heavy atom. The quantitative estimate of drug-likeness (QED) is 0.399. The Morgan fingerprint density at radius 3 is 2.61 bits per heavy atom. The Bertz CT molecular complexity index is 1280. The molecule has 0 radical (unpaired) electrons. The largest absolute Gasteiger partial charge is 0.497 e. The summed E-state index contributed by atoms with van der Waals surface area (Å²) in [5.41, 5.74) is 0.